The first kappa shape index (κ1) is 20.2. The van der Waals surface area contributed by atoms with Gasteiger partial charge in [0, 0.05) is 10.9 Å². The van der Waals surface area contributed by atoms with Crippen molar-refractivity contribution in [3.05, 3.63) is 88.3 Å². The molecule has 1 aliphatic heterocycles. The Hall–Kier alpha value is -2.73. The number of nitrogens with zero attached hydrogens (tertiary/aromatic N) is 2. The summed E-state index contributed by atoms with van der Waals surface area (Å²) in [6, 6.07) is 24.2. The average molecular weight is 449 g/mol. The predicted octanol–water partition coefficient (Wildman–Crippen LogP) is 4.16. The van der Waals surface area contributed by atoms with E-state index in [1.165, 1.54) is 21.8 Å². The van der Waals surface area contributed by atoms with E-state index in [-0.39, 0.29) is 5.91 Å². The van der Waals surface area contributed by atoms with Crippen molar-refractivity contribution < 1.29 is 9.69 Å². The van der Waals surface area contributed by atoms with Crippen LogP contribution >= 0.6 is 22.9 Å². The van der Waals surface area contributed by atoms with Crippen molar-refractivity contribution in [3.8, 4) is 10.6 Å². The number of fused-ring (bicyclic) bond motifs is 1. The highest BCUT2D eigenvalue weighted by Crippen LogP contribution is 2.32. The lowest BCUT2D eigenvalue weighted by Gasteiger charge is -2.32. The van der Waals surface area contributed by atoms with E-state index in [9.17, 15) is 4.79 Å². The normalized spacial score (nSPS) is 14.8. The first-order valence-corrected chi connectivity index (χ1v) is 11.7. The molecule has 1 N–H and O–H groups in total. The number of para-hydroxylation sites is 1. The molecule has 1 saturated heterocycles. The summed E-state index contributed by atoms with van der Waals surface area (Å²) in [5.74, 6) is 0.0845. The van der Waals surface area contributed by atoms with Gasteiger partial charge in [0.2, 0.25) is 0 Å². The van der Waals surface area contributed by atoms with E-state index in [0.29, 0.717) is 0 Å². The molecule has 0 saturated carbocycles. The van der Waals surface area contributed by atoms with E-state index in [1.807, 2.05) is 53.4 Å². The molecule has 1 fully saturated rings. The van der Waals surface area contributed by atoms with Crippen molar-refractivity contribution >= 4 is 39.7 Å². The Balaban J connectivity index is 1.38. The lowest BCUT2D eigenvalue weighted by Crippen LogP contribution is -3.13. The number of halogens is 1. The third-order valence-electron chi connectivity index (χ3n) is 5.83. The monoisotopic (exact) mass is 448 g/mol. The Morgan fingerprint density at radius 1 is 1.00 bits per heavy atom. The molecule has 31 heavy (non-hydrogen) atoms. The maximum Gasteiger partial charge on any atom is 0.255 e. The van der Waals surface area contributed by atoms with Gasteiger partial charge in [0.05, 0.1) is 52.2 Å². The number of carbonyl (C=O) groups is 1. The molecular weight excluding hydrogens is 426 g/mol. The first-order chi connectivity index (χ1) is 15.2. The van der Waals surface area contributed by atoms with Crippen molar-refractivity contribution in [3.63, 3.8) is 0 Å². The third-order valence-corrected chi connectivity index (χ3v) is 7.08. The van der Waals surface area contributed by atoms with E-state index < -0.39 is 0 Å². The summed E-state index contributed by atoms with van der Waals surface area (Å²) in [6.45, 7) is 4.44. The van der Waals surface area contributed by atoms with Crippen LogP contribution in [0.25, 0.3) is 21.5 Å². The molecule has 5 rings (SSSR count). The third kappa shape index (κ3) is 4.35. The fourth-order valence-corrected chi connectivity index (χ4v) is 5.19. The molecule has 0 aliphatic carbocycles. The zero-order valence-corrected chi connectivity index (χ0v) is 18.6. The number of thiophene rings is 1. The molecule has 0 atom stereocenters. The summed E-state index contributed by atoms with van der Waals surface area (Å²) in [4.78, 5) is 22.8. The van der Waals surface area contributed by atoms with E-state index in [1.54, 1.807) is 0 Å². The van der Waals surface area contributed by atoms with Gasteiger partial charge in [-0.05, 0) is 24.3 Å². The van der Waals surface area contributed by atoms with Gasteiger partial charge in [-0.2, -0.15) is 0 Å². The second kappa shape index (κ2) is 8.79. The summed E-state index contributed by atoms with van der Waals surface area (Å²) < 4.78 is 0.718. The fraction of sp³-hybridized carbons (Fsp3) is 0.200. The van der Waals surface area contributed by atoms with Crippen molar-refractivity contribution in [2.24, 2.45) is 0 Å². The number of amides is 1. The van der Waals surface area contributed by atoms with Crippen LogP contribution in [-0.2, 0) is 6.54 Å². The molecule has 0 radical (unpaired) electrons. The molecule has 156 valence electrons. The van der Waals surface area contributed by atoms with Crippen LogP contribution in [0.5, 0.6) is 0 Å². The standard InChI is InChI=1S/C25H22ClN3OS/c26-24-11-10-23(31-24)22-16-20(19-8-4-5-9-21(19)27-22)25(30)29-14-12-28(13-15-29)17-18-6-2-1-3-7-18/h1-11,16H,12-15,17H2/p+1. The molecule has 0 spiro atoms. The summed E-state index contributed by atoms with van der Waals surface area (Å²) in [6.07, 6.45) is 0. The first-order valence-electron chi connectivity index (χ1n) is 10.5. The number of aromatic nitrogens is 1. The quantitative estimate of drug-likeness (QED) is 0.509. The number of piperazine rings is 1. The lowest BCUT2D eigenvalue weighted by atomic mass is 10.1. The van der Waals surface area contributed by atoms with Crippen LogP contribution in [0.3, 0.4) is 0 Å². The van der Waals surface area contributed by atoms with Gasteiger partial charge in [0.1, 0.15) is 6.54 Å². The Kier molecular flexibility index (Phi) is 5.72. The fourth-order valence-electron chi connectivity index (χ4n) is 4.19. The Labute approximate surface area is 190 Å². The van der Waals surface area contributed by atoms with Crippen LogP contribution in [0.15, 0.2) is 72.8 Å². The van der Waals surface area contributed by atoms with Crippen molar-refractivity contribution in [2.75, 3.05) is 26.2 Å². The maximum atomic E-state index is 13.5. The summed E-state index contributed by atoms with van der Waals surface area (Å²) in [7, 11) is 0. The highest BCUT2D eigenvalue weighted by Gasteiger charge is 2.26. The Morgan fingerprint density at radius 3 is 2.48 bits per heavy atom. The zero-order valence-electron chi connectivity index (χ0n) is 17.1. The van der Waals surface area contributed by atoms with E-state index in [4.69, 9.17) is 16.6 Å². The molecule has 3 heterocycles. The van der Waals surface area contributed by atoms with Gasteiger partial charge in [0.25, 0.3) is 5.91 Å². The summed E-state index contributed by atoms with van der Waals surface area (Å²) >= 11 is 7.62. The summed E-state index contributed by atoms with van der Waals surface area (Å²) in [5, 5.41) is 0.901. The van der Waals surface area contributed by atoms with Gasteiger partial charge < -0.3 is 9.80 Å². The van der Waals surface area contributed by atoms with Gasteiger partial charge in [-0.25, -0.2) is 4.98 Å². The number of hydrogen-bond acceptors (Lipinski definition) is 3. The van der Waals surface area contributed by atoms with Crippen LogP contribution in [0.1, 0.15) is 15.9 Å². The molecule has 2 aromatic carbocycles. The Bertz CT molecular complexity index is 1220. The minimum atomic E-state index is 0.0845. The molecule has 4 nitrogen and oxygen atoms in total. The number of quaternary nitrogens is 1. The Morgan fingerprint density at radius 2 is 1.74 bits per heavy atom. The lowest BCUT2D eigenvalue weighted by molar-refractivity contribution is -0.917. The van der Waals surface area contributed by atoms with Crippen molar-refractivity contribution in [1.29, 1.82) is 0 Å². The van der Waals surface area contributed by atoms with Crippen LogP contribution in [0, 0.1) is 0 Å². The van der Waals surface area contributed by atoms with Crippen molar-refractivity contribution in [1.82, 2.24) is 9.88 Å². The van der Waals surface area contributed by atoms with E-state index in [0.717, 1.165) is 64.1 Å². The number of carbonyl (C=O) groups excluding carboxylic acids is 1. The van der Waals surface area contributed by atoms with Gasteiger partial charge in [-0.15, -0.1) is 11.3 Å². The zero-order chi connectivity index (χ0) is 21.2. The maximum absolute atomic E-state index is 13.5. The predicted molar refractivity (Wildman–Crippen MR) is 127 cm³/mol. The molecule has 0 unspecified atom stereocenters. The molecule has 0 bridgehead atoms. The van der Waals surface area contributed by atoms with Gasteiger partial charge in [0.15, 0.2) is 0 Å². The van der Waals surface area contributed by atoms with Gasteiger partial charge in [-0.3, -0.25) is 4.79 Å². The molecule has 1 amide bonds. The van der Waals surface area contributed by atoms with Gasteiger partial charge in [-0.1, -0.05) is 60.1 Å². The number of rotatable bonds is 4. The highest BCUT2D eigenvalue weighted by molar-refractivity contribution is 7.19. The van der Waals surface area contributed by atoms with E-state index in [2.05, 4.69) is 24.3 Å². The van der Waals surface area contributed by atoms with Crippen LogP contribution < -0.4 is 4.90 Å². The number of hydrogen-bond donors (Lipinski definition) is 1. The van der Waals surface area contributed by atoms with E-state index >= 15 is 0 Å². The van der Waals surface area contributed by atoms with Crippen LogP contribution in [0.4, 0.5) is 0 Å². The number of nitrogens with one attached hydrogen (secondary N) is 1. The number of benzene rings is 2. The molecule has 6 heteroatoms. The molecular formula is C25H23ClN3OS+. The smallest absolute Gasteiger partial charge is 0.255 e. The minimum absolute atomic E-state index is 0.0845. The molecule has 2 aromatic heterocycles. The average Bonchev–Trinajstić information content (AvgIpc) is 3.25. The molecule has 1 aliphatic rings. The van der Waals surface area contributed by atoms with Crippen LogP contribution in [0.2, 0.25) is 4.34 Å². The SMILES string of the molecule is O=C(c1cc(-c2ccc(Cl)s2)nc2ccccc12)N1CC[NH+](Cc2ccccc2)CC1. The largest absolute Gasteiger partial charge is 0.328 e. The second-order valence-electron chi connectivity index (χ2n) is 7.88. The number of pyridine rings is 1. The molecule has 4 aromatic rings. The highest BCUT2D eigenvalue weighted by atomic mass is 35.5. The van der Waals surface area contributed by atoms with Gasteiger partial charge >= 0.3 is 0 Å². The summed E-state index contributed by atoms with van der Waals surface area (Å²) in [5.41, 5.74) is 3.70. The minimum Gasteiger partial charge on any atom is -0.328 e. The second-order valence-corrected chi connectivity index (χ2v) is 9.60. The topological polar surface area (TPSA) is 37.6 Å². The van der Waals surface area contributed by atoms with Crippen LogP contribution in [-0.4, -0.2) is 42.0 Å². The van der Waals surface area contributed by atoms with Crippen molar-refractivity contribution in [2.45, 2.75) is 6.54 Å².